The van der Waals surface area contributed by atoms with E-state index in [1.807, 2.05) is 0 Å². The third-order valence-corrected chi connectivity index (χ3v) is 5.22. The van der Waals surface area contributed by atoms with E-state index in [-0.39, 0.29) is 17.9 Å². The summed E-state index contributed by atoms with van der Waals surface area (Å²) in [7, 11) is 0. The second-order valence-corrected chi connectivity index (χ2v) is 7.17. The molecule has 2 atom stereocenters. The zero-order valence-corrected chi connectivity index (χ0v) is 16.3. The molecule has 0 amide bonds. The molecule has 0 saturated carbocycles. The van der Waals surface area contributed by atoms with E-state index in [0.717, 1.165) is 28.9 Å². The molecule has 1 aliphatic rings. The van der Waals surface area contributed by atoms with Crippen LogP contribution < -0.4 is 10.4 Å². The molecule has 1 aliphatic heterocycles. The Labute approximate surface area is 176 Å². The molecule has 1 aromatic heterocycles. The maximum Gasteiger partial charge on any atom is 0.461 e. The normalized spacial score (nSPS) is 19.2. The standard InChI is InChI=1S/C20H15F6N3O3/c1-11(19(9-31-19)15-7-2-12(21)8-16(15)22)28-10-27-29(18(28)30)13-3-5-14(6-4-13)32-20(25,26)17(23)24/h2-8,10-11,17H,9H2,1H3/t11-,19+/m1/s1. The van der Waals surface area contributed by atoms with E-state index >= 15 is 0 Å². The highest BCUT2D eigenvalue weighted by molar-refractivity contribution is 5.37. The van der Waals surface area contributed by atoms with Gasteiger partial charge in [0, 0.05) is 11.6 Å². The molecule has 1 fully saturated rings. The highest BCUT2D eigenvalue weighted by Crippen LogP contribution is 2.48. The Morgan fingerprint density at radius 3 is 2.38 bits per heavy atom. The number of aromatic nitrogens is 3. The lowest BCUT2D eigenvalue weighted by atomic mass is 9.92. The smallest absolute Gasteiger partial charge is 0.428 e. The van der Waals surface area contributed by atoms with Crippen molar-refractivity contribution in [3.8, 4) is 11.4 Å². The molecule has 12 heteroatoms. The average molecular weight is 459 g/mol. The molecule has 2 aromatic carbocycles. The molecule has 1 saturated heterocycles. The van der Waals surface area contributed by atoms with Crippen LogP contribution in [0.3, 0.4) is 0 Å². The van der Waals surface area contributed by atoms with Crippen molar-refractivity contribution in [2.24, 2.45) is 0 Å². The van der Waals surface area contributed by atoms with Gasteiger partial charge in [-0.25, -0.2) is 13.6 Å². The van der Waals surface area contributed by atoms with Crippen LogP contribution in [-0.2, 0) is 10.3 Å². The van der Waals surface area contributed by atoms with Crippen LogP contribution in [-0.4, -0.2) is 33.5 Å². The molecule has 0 aliphatic carbocycles. The number of rotatable bonds is 7. The van der Waals surface area contributed by atoms with Crippen LogP contribution in [0.4, 0.5) is 26.3 Å². The third kappa shape index (κ3) is 3.74. The Balaban J connectivity index is 1.59. The van der Waals surface area contributed by atoms with Gasteiger partial charge in [0.15, 0.2) is 0 Å². The Morgan fingerprint density at radius 2 is 1.81 bits per heavy atom. The highest BCUT2D eigenvalue weighted by Gasteiger charge is 2.54. The molecule has 0 radical (unpaired) electrons. The van der Waals surface area contributed by atoms with Gasteiger partial charge in [0.2, 0.25) is 0 Å². The fourth-order valence-corrected chi connectivity index (χ4v) is 3.37. The summed E-state index contributed by atoms with van der Waals surface area (Å²) in [4.78, 5) is 12.9. The third-order valence-electron chi connectivity index (χ3n) is 5.22. The van der Waals surface area contributed by atoms with Gasteiger partial charge >= 0.3 is 18.2 Å². The van der Waals surface area contributed by atoms with Crippen LogP contribution in [0.5, 0.6) is 5.75 Å². The molecule has 0 bridgehead atoms. The van der Waals surface area contributed by atoms with Gasteiger partial charge in [-0.3, -0.25) is 4.57 Å². The largest absolute Gasteiger partial charge is 0.461 e. The Morgan fingerprint density at radius 1 is 1.16 bits per heavy atom. The van der Waals surface area contributed by atoms with Gasteiger partial charge in [-0.05, 0) is 37.3 Å². The van der Waals surface area contributed by atoms with Crippen molar-refractivity contribution in [1.82, 2.24) is 14.3 Å². The summed E-state index contributed by atoms with van der Waals surface area (Å²) < 4.78 is 89.7. The lowest BCUT2D eigenvalue weighted by molar-refractivity contribution is -0.253. The second-order valence-electron chi connectivity index (χ2n) is 7.17. The number of ether oxygens (including phenoxy) is 2. The van der Waals surface area contributed by atoms with Crippen molar-refractivity contribution in [3.63, 3.8) is 0 Å². The quantitative estimate of drug-likeness (QED) is 0.396. The van der Waals surface area contributed by atoms with Gasteiger partial charge in [0.25, 0.3) is 0 Å². The summed E-state index contributed by atoms with van der Waals surface area (Å²) in [5.41, 5.74) is -1.60. The maximum atomic E-state index is 14.3. The maximum absolute atomic E-state index is 14.3. The van der Waals surface area contributed by atoms with Crippen LogP contribution >= 0.6 is 0 Å². The van der Waals surface area contributed by atoms with E-state index in [2.05, 4.69) is 9.84 Å². The topological polar surface area (TPSA) is 61.6 Å². The second kappa shape index (κ2) is 7.69. The molecule has 4 rings (SSSR count). The Hall–Kier alpha value is -3.28. The molecule has 32 heavy (non-hydrogen) atoms. The van der Waals surface area contributed by atoms with Gasteiger partial charge in [-0.1, -0.05) is 6.07 Å². The first-order valence-corrected chi connectivity index (χ1v) is 9.26. The first-order chi connectivity index (χ1) is 15.0. The summed E-state index contributed by atoms with van der Waals surface area (Å²) in [6.07, 6.45) is -7.48. The first-order valence-electron chi connectivity index (χ1n) is 9.26. The molecule has 0 N–H and O–H groups in total. The molecular formula is C20H15F6N3O3. The van der Waals surface area contributed by atoms with Gasteiger partial charge < -0.3 is 9.47 Å². The number of hydrogen-bond acceptors (Lipinski definition) is 4. The predicted octanol–water partition coefficient (Wildman–Crippen LogP) is 4.04. The summed E-state index contributed by atoms with van der Waals surface area (Å²) in [5.74, 6) is -2.10. The fraction of sp³-hybridized carbons (Fsp3) is 0.300. The minimum atomic E-state index is -4.66. The van der Waals surface area contributed by atoms with Gasteiger partial charge in [0.1, 0.15) is 29.3 Å². The minimum Gasteiger partial charge on any atom is -0.428 e. The van der Waals surface area contributed by atoms with Crippen LogP contribution in [0.15, 0.2) is 53.6 Å². The van der Waals surface area contributed by atoms with Gasteiger partial charge in [-0.15, -0.1) is 0 Å². The van der Waals surface area contributed by atoms with Crippen molar-refractivity contribution in [2.75, 3.05) is 6.61 Å². The summed E-state index contributed by atoms with van der Waals surface area (Å²) >= 11 is 0. The van der Waals surface area contributed by atoms with Crippen molar-refractivity contribution in [1.29, 1.82) is 0 Å². The van der Waals surface area contributed by atoms with E-state index in [0.29, 0.717) is 0 Å². The zero-order valence-electron chi connectivity index (χ0n) is 16.3. The van der Waals surface area contributed by atoms with Gasteiger partial charge in [0.05, 0.1) is 18.3 Å². The van der Waals surface area contributed by atoms with Gasteiger partial charge in [-0.2, -0.15) is 27.3 Å². The predicted molar refractivity (Wildman–Crippen MR) is 98.1 cm³/mol. The molecule has 2 heterocycles. The molecule has 6 nitrogen and oxygen atoms in total. The van der Waals surface area contributed by atoms with E-state index in [4.69, 9.17) is 4.74 Å². The summed E-state index contributed by atoms with van der Waals surface area (Å²) in [5, 5.41) is 3.96. The van der Waals surface area contributed by atoms with Crippen LogP contribution in [0.25, 0.3) is 5.69 Å². The van der Waals surface area contributed by atoms with E-state index < -0.39 is 47.3 Å². The fourth-order valence-electron chi connectivity index (χ4n) is 3.37. The lowest BCUT2D eigenvalue weighted by Gasteiger charge is -2.21. The Kier molecular flexibility index (Phi) is 5.27. The SMILES string of the molecule is C[C@@H](n1cnn(-c2ccc(OC(F)(F)C(F)F)cc2)c1=O)[C@]1(c2ccc(F)cc2F)CO1. The van der Waals surface area contributed by atoms with Crippen LogP contribution in [0.2, 0.25) is 0 Å². The van der Waals surface area contributed by atoms with E-state index in [1.165, 1.54) is 29.1 Å². The molecular weight excluding hydrogens is 444 g/mol. The lowest BCUT2D eigenvalue weighted by Crippen LogP contribution is -2.33. The number of halogens is 6. The zero-order chi connectivity index (χ0) is 23.3. The summed E-state index contributed by atoms with van der Waals surface area (Å²) in [6.45, 7) is 1.70. The minimum absolute atomic E-state index is 0.0903. The highest BCUT2D eigenvalue weighted by atomic mass is 19.3. The van der Waals surface area contributed by atoms with E-state index in [1.54, 1.807) is 6.92 Å². The number of alkyl halides is 4. The van der Waals surface area contributed by atoms with Crippen molar-refractivity contribution >= 4 is 0 Å². The van der Waals surface area contributed by atoms with Crippen LogP contribution in [0, 0.1) is 11.6 Å². The molecule has 0 unspecified atom stereocenters. The number of epoxide rings is 1. The van der Waals surface area contributed by atoms with Crippen molar-refractivity contribution in [3.05, 3.63) is 76.5 Å². The molecule has 170 valence electrons. The number of hydrogen-bond donors (Lipinski definition) is 0. The molecule has 3 aromatic rings. The van der Waals surface area contributed by atoms with Crippen molar-refractivity contribution < 1.29 is 35.8 Å². The summed E-state index contributed by atoms with van der Waals surface area (Å²) in [6, 6.07) is 6.67. The van der Waals surface area contributed by atoms with Crippen molar-refractivity contribution in [2.45, 2.75) is 31.1 Å². The average Bonchev–Trinajstić information content (AvgIpc) is 3.44. The van der Waals surface area contributed by atoms with E-state index in [9.17, 15) is 31.1 Å². The monoisotopic (exact) mass is 459 g/mol. The van der Waals surface area contributed by atoms with Crippen LogP contribution in [0.1, 0.15) is 18.5 Å². The first kappa shape index (κ1) is 21.9. The Bertz CT molecular complexity index is 1190. The number of nitrogens with zero attached hydrogens (tertiary/aromatic N) is 3. The molecule has 0 spiro atoms. The number of benzene rings is 2.